The topological polar surface area (TPSA) is 43.2 Å². The SMILES string of the molecule is c1ccc(N2c3ccccc3C(c3cccc(Oc4cccc(-n5cc6c(n5)[C@@H]5CC[C@H]6C5)c4)c3)(c3ccccn3)c3ccccc32)cc1. The first-order chi connectivity index (χ1) is 24.3. The maximum absolute atomic E-state index is 6.68. The number of nitrogens with zero attached hydrogens (tertiary/aromatic N) is 4. The van der Waals surface area contributed by atoms with E-state index in [1.165, 1.54) is 30.5 Å². The predicted octanol–water partition coefficient (Wildman–Crippen LogP) is 10.6. The number of aromatic nitrogens is 3. The summed E-state index contributed by atoms with van der Waals surface area (Å²) in [5.74, 6) is 2.85. The van der Waals surface area contributed by atoms with Crippen LogP contribution in [-0.4, -0.2) is 14.8 Å². The van der Waals surface area contributed by atoms with E-state index in [0.717, 1.165) is 56.6 Å². The van der Waals surface area contributed by atoms with E-state index >= 15 is 0 Å². The molecule has 1 fully saturated rings. The summed E-state index contributed by atoms with van der Waals surface area (Å²) in [5.41, 5.74) is 10.8. The second-order valence-corrected chi connectivity index (χ2v) is 13.4. The minimum Gasteiger partial charge on any atom is -0.457 e. The Balaban J connectivity index is 1.11. The third-order valence-corrected chi connectivity index (χ3v) is 10.8. The van der Waals surface area contributed by atoms with Crippen molar-refractivity contribution in [2.24, 2.45) is 0 Å². The van der Waals surface area contributed by atoms with Gasteiger partial charge in [0.2, 0.25) is 0 Å². The molecule has 10 rings (SSSR count). The van der Waals surface area contributed by atoms with Gasteiger partial charge in [-0.25, -0.2) is 4.68 Å². The first kappa shape index (κ1) is 28.1. The molecule has 236 valence electrons. The van der Waals surface area contributed by atoms with Crippen molar-refractivity contribution in [2.75, 3.05) is 4.90 Å². The molecular formula is C44H34N4O. The van der Waals surface area contributed by atoms with Gasteiger partial charge in [-0.3, -0.25) is 4.98 Å². The highest BCUT2D eigenvalue weighted by atomic mass is 16.5. The number of hydrogen-bond acceptors (Lipinski definition) is 4. The molecule has 0 unspecified atom stereocenters. The predicted molar refractivity (Wildman–Crippen MR) is 194 cm³/mol. The summed E-state index contributed by atoms with van der Waals surface area (Å²) >= 11 is 0. The number of benzene rings is 5. The average Bonchev–Trinajstić information content (AvgIpc) is 3.91. The van der Waals surface area contributed by atoms with Crippen LogP contribution in [0.5, 0.6) is 11.5 Å². The molecule has 2 aliphatic carbocycles. The molecule has 5 nitrogen and oxygen atoms in total. The molecule has 7 aromatic rings. The molecule has 5 aromatic carbocycles. The summed E-state index contributed by atoms with van der Waals surface area (Å²) in [6.45, 7) is 0. The van der Waals surface area contributed by atoms with Crippen molar-refractivity contribution in [2.45, 2.75) is 36.5 Å². The van der Waals surface area contributed by atoms with E-state index in [-0.39, 0.29) is 0 Å². The maximum Gasteiger partial charge on any atom is 0.129 e. The van der Waals surface area contributed by atoms with Gasteiger partial charge in [0, 0.05) is 30.1 Å². The van der Waals surface area contributed by atoms with E-state index in [0.29, 0.717) is 11.8 Å². The van der Waals surface area contributed by atoms with Crippen molar-refractivity contribution in [3.8, 4) is 17.2 Å². The number of ether oxygens (including phenoxy) is 1. The number of anilines is 3. The highest BCUT2D eigenvalue weighted by Gasteiger charge is 2.47. The minimum atomic E-state index is -0.698. The quantitative estimate of drug-likeness (QED) is 0.183. The summed E-state index contributed by atoms with van der Waals surface area (Å²) in [7, 11) is 0. The first-order valence-corrected chi connectivity index (χ1v) is 17.2. The van der Waals surface area contributed by atoms with Gasteiger partial charge >= 0.3 is 0 Å². The Hall–Kier alpha value is -5.94. The molecule has 2 bridgehead atoms. The zero-order valence-electron chi connectivity index (χ0n) is 27.0. The van der Waals surface area contributed by atoms with Crippen LogP contribution in [0.2, 0.25) is 0 Å². The van der Waals surface area contributed by atoms with E-state index in [4.69, 9.17) is 14.8 Å². The van der Waals surface area contributed by atoms with E-state index in [2.05, 4.69) is 138 Å². The Labute approximate surface area is 286 Å². The smallest absolute Gasteiger partial charge is 0.129 e. The van der Waals surface area contributed by atoms with Gasteiger partial charge in [-0.2, -0.15) is 5.10 Å². The van der Waals surface area contributed by atoms with E-state index < -0.39 is 5.41 Å². The number of rotatable bonds is 6. The van der Waals surface area contributed by atoms with Gasteiger partial charge in [-0.15, -0.1) is 0 Å². The van der Waals surface area contributed by atoms with Crippen LogP contribution >= 0.6 is 0 Å². The summed E-state index contributed by atoms with van der Waals surface area (Å²) < 4.78 is 8.72. The van der Waals surface area contributed by atoms with Crippen LogP contribution in [0.1, 0.15) is 64.7 Å². The molecule has 5 heteroatoms. The van der Waals surface area contributed by atoms with Crippen LogP contribution in [0.25, 0.3) is 5.69 Å². The fourth-order valence-electron chi connectivity index (χ4n) is 8.72. The van der Waals surface area contributed by atoms with E-state index in [1.807, 2.05) is 29.1 Å². The van der Waals surface area contributed by atoms with Crippen LogP contribution in [0.3, 0.4) is 0 Å². The van der Waals surface area contributed by atoms with E-state index in [9.17, 15) is 0 Å². The van der Waals surface area contributed by atoms with Crippen molar-refractivity contribution in [3.05, 3.63) is 192 Å². The van der Waals surface area contributed by atoms with Gasteiger partial charge in [0.15, 0.2) is 0 Å². The summed E-state index contributed by atoms with van der Waals surface area (Å²) in [5, 5.41) is 5.03. The molecule has 1 saturated carbocycles. The molecule has 0 saturated heterocycles. The molecule has 2 aromatic heterocycles. The highest BCUT2D eigenvalue weighted by molar-refractivity contribution is 5.89. The molecule has 2 atom stereocenters. The lowest BCUT2D eigenvalue weighted by Crippen LogP contribution is -2.38. The van der Waals surface area contributed by atoms with Gasteiger partial charge in [0.1, 0.15) is 11.5 Å². The second-order valence-electron chi connectivity index (χ2n) is 13.4. The monoisotopic (exact) mass is 634 g/mol. The third kappa shape index (κ3) is 4.32. The van der Waals surface area contributed by atoms with Crippen LogP contribution in [0.15, 0.2) is 158 Å². The lowest BCUT2D eigenvalue weighted by molar-refractivity contribution is 0.480. The second kappa shape index (κ2) is 11.1. The van der Waals surface area contributed by atoms with Gasteiger partial charge in [0.25, 0.3) is 0 Å². The Morgan fingerprint density at radius 1 is 0.612 bits per heavy atom. The fraction of sp³-hybridized carbons (Fsp3) is 0.136. The lowest BCUT2D eigenvalue weighted by Gasteiger charge is -2.45. The van der Waals surface area contributed by atoms with Gasteiger partial charge in [-0.05, 0) is 108 Å². The summed E-state index contributed by atoms with van der Waals surface area (Å²) in [6, 6.07) is 51.1. The Morgan fingerprint density at radius 2 is 1.29 bits per heavy atom. The van der Waals surface area contributed by atoms with Crippen molar-refractivity contribution in [3.63, 3.8) is 0 Å². The Kier molecular flexibility index (Phi) is 6.35. The van der Waals surface area contributed by atoms with Gasteiger partial charge < -0.3 is 9.64 Å². The van der Waals surface area contributed by atoms with Crippen LogP contribution in [0.4, 0.5) is 17.1 Å². The van der Waals surface area contributed by atoms with Crippen LogP contribution < -0.4 is 9.64 Å². The number of para-hydroxylation sites is 3. The average molecular weight is 635 g/mol. The number of hydrogen-bond donors (Lipinski definition) is 0. The largest absolute Gasteiger partial charge is 0.457 e. The fourth-order valence-corrected chi connectivity index (χ4v) is 8.72. The molecule has 0 radical (unpaired) electrons. The number of fused-ring (bicyclic) bond motifs is 7. The van der Waals surface area contributed by atoms with Gasteiger partial charge in [0.05, 0.1) is 33.9 Å². The molecule has 49 heavy (non-hydrogen) atoms. The molecular weight excluding hydrogens is 601 g/mol. The maximum atomic E-state index is 6.68. The minimum absolute atomic E-state index is 0.629. The normalized spacial score (nSPS) is 18.1. The highest BCUT2D eigenvalue weighted by Crippen LogP contribution is 2.57. The van der Waals surface area contributed by atoms with Crippen molar-refractivity contribution in [1.29, 1.82) is 0 Å². The molecule has 1 aliphatic heterocycles. The molecule has 0 spiro atoms. The molecule has 0 amide bonds. The van der Waals surface area contributed by atoms with Crippen molar-refractivity contribution in [1.82, 2.24) is 14.8 Å². The first-order valence-electron chi connectivity index (χ1n) is 17.2. The van der Waals surface area contributed by atoms with Crippen LogP contribution in [0, 0.1) is 0 Å². The van der Waals surface area contributed by atoms with Crippen molar-refractivity contribution >= 4 is 17.1 Å². The molecule has 0 N–H and O–H groups in total. The Bertz CT molecular complexity index is 2250. The third-order valence-electron chi connectivity index (χ3n) is 10.8. The van der Waals surface area contributed by atoms with E-state index in [1.54, 1.807) is 0 Å². The zero-order chi connectivity index (χ0) is 32.4. The zero-order valence-corrected chi connectivity index (χ0v) is 27.0. The van der Waals surface area contributed by atoms with Crippen molar-refractivity contribution < 1.29 is 4.74 Å². The van der Waals surface area contributed by atoms with Gasteiger partial charge in [-0.1, -0.05) is 78.9 Å². The standard InChI is InChI=1S/C44H34N4O/c1-2-13-33(14-3-1)48-40-20-6-4-18-38(40)44(42-22-8-9-25-45-42,39-19-5-7-21-41(39)48)32-12-10-16-35(27-32)49-36-17-11-15-34(28-36)47-29-37-30-23-24-31(26-30)43(37)46-47/h1-22,25,27-31H,23-24,26H2/t30-,31+/m0/s1. The van der Waals surface area contributed by atoms with Crippen LogP contribution in [-0.2, 0) is 5.41 Å². The molecule has 3 aliphatic rings. The number of pyridine rings is 1. The molecule has 3 heterocycles. The Morgan fingerprint density at radius 3 is 2.04 bits per heavy atom. The summed E-state index contributed by atoms with van der Waals surface area (Å²) in [4.78, 5) is 7.44. The summed E-state index contributed by atoms with van der Waals surface area (Å²) in [6.07, 6.45) is 7.98. The lowest BCUT2D eigenvalue weighted by atomic mass is 9.64.